The minimum Gasteiger partial charge on any atom is -0.368 e. The van der Waals surface area contributed by atoms with Crippen LogP contribution in [0.5, 0.6) is 0 Å². The predicted molar refractivity (Wildman–Crippen MR) is 175 cm³/mol. The molecule has 268 valence electrons. The van der Waals surface area contributed by atoms with Crippen LogP contribution in [-0.2, 0) is 51.2 Å². The number of primary amides is 1. The highest BCUT2D eigenvalue weighted by Gasteiger charge is 2.35. The molecule has 0 radical (unpaired) electrons. The van der Waals surface area contributed by atoms with E-state index in [-0.39, 0.29) is 50.5 Å². The topological polar surface area (TPSA) is 275 Å². The molecule has 0 bridgehead atoms. The van der Waals surface area contributed by atoms with E-state index in [2.05, 4.69) is 47.2 Å². The number of nitrogens with one attached hydrogen (secondary N) is 8. The van der Waals surface area contributed by atoms with E-state index < -0.39 is 78.6 Å². The summed E-state index contributed by atoms with van der Waals surface area (Å²) in [5.74, 6) is -5.60. The average molecular weight is 695 g/mol. The first-order valence-corrected chi connectivity index (χ1v) is 16.3. The first kappa shape index (κ1) is 37.0. The van der Waals surface area contributed by atoms with Crippen molar-refractivity contribution in [1.29, 1.82) is 0 Å². The van der Waals surface area contributed by atoms with Gasteiger partial charge in [0.15, 0.2) is 0 Å². The molecule has 2 heterocycles. The molecule has 2 aromatic rings. The first-order valence-electron chi connectivity index (χ1n) is 16.3. The molecule has 18 nitrogen and oxygen atoms in total. The van der Waals surface area contributed by atoms with Crippen molar-refractivity contribution in [2.24, 2.45) is 11.7 Å². The van der Waals surface area contributed by atoms with E-state index in [1.807, 2.05) is 0 Å². The Kier molecular flexibility index (Phi) is 13.4. The molecule has 2 fully saturated rings. The highest BCUT2D eigenvalue weighted by molar-refractivity contribution is 5.96. The van der Waals surface area contributed by atoms with E-state index in [1.54, 1.807) is 30.3 Å². The van der Waals surface area contributed by atoms with Gasteiger partial charge in [-0.25, -0.2) is 4.98 Å². The number of hydrogen-bond donors (Lipinski definition) is 9. The second-order valence-electron chi connectivity index (χ2n) is 12.1. The number of hydrogen-bond acceptors (Lipinski definition) is 9. The summed E-state index contributed by atoms with van der Waals surface area (Å²) >= 11 is 0. The van der Waals surface area contributed by atoms with Gasteiger partial charge in [-0.3, -0.25) is 38.4 Å². The second-order valence-corrected chi connectivity index (χ2v) is 12.1. The SMILES string of the molecule is NC(=O)CNC(=O)[C@@H]1CCNC(=O)CC[C@H](NC(=O)C2CC2)C(=O)N[C@@H](Cc2cnc[nH]2)C(=O)N[C@H](Cc2ccccc2)C(=O)NCC(=O)N1. The molecule has 18 heteroatoms. The molecular formula is C32H42N10O8. The first-order chi connectivity index (χ1) is 24.0. The standard InChI is InChI=1S/C32H42N10O8/c33-25(43)15-36-29(47)22-10-11-35-26(44)9-8-21(40-28(46)19-6-7-19)31(49)42-24(13-20-14-34-17-38-20)32(50)41-23(12-18-4-2-1-3-5-18)30(48)37-16-27(45)39-22/h1-5,14,17,19,21-24H,6-13,15-16H2,(H2,33,43)(H,34,38)(H,35,44)(H,36,47)(H,37,48)(H,39,45)(H,40,46)(H,41,50)(H,42,49)/t21-,22-,23+,24-/m0/s1. The van der Waals surface area contributed by atoms with Gasteiger partial charge in [-0.2, -0.15) is 0 Å². The lowest BCUT2D eigenvalue weighted by Crippen LogP contribution is -2.58. The average Bonchev–Trinajstić information content (AvgIpc) is 3.82. The van der Waals surface area contributed by atoms with Crippen LogP contribution >= 0.6 is 0 Å². The summed E-state index contributed by atoms with van der Waals surface area (Å²) in [4.78, 5) is 110. The lowest BCUT2D eigenvalue weighted by molar-refractivity contribution is -0.134. The van der Waals surface area contributed by atoms with Gasteiger partial charge in [0.1, 0.15) is 24.2 Å². The van der Waals surface area contributed by atoms with Crippen molar-refractivity contribution in [3.8, 4) is 0 Å². The Labute approximate surface area is 287 Å². The van der Waals surface area contributed by atoms with Crippen LogP contribution in [0.4, 0.5) is 0 Å². The Morgan fingerprint density at radius 3 is 2.20 bits per heavy atom. The number of carbonyl (C=O) groups is 8. The summed E-state index contributed by atoms with van der Waals surface area (Å²) in [6.45, 7) is -1.16. The van der Waals surface area contributed by atoms with Gasteiger partial charge >= 0.3 is 0 Å². The Morgan fingerprint density at radius 1 is 0.800 bits per heavy atom. The summed E-state index contributed by atoms with van der Waals surface area (Å²) in [5, 5.41) is 17.9. The van der Waals surface area contributed by atoms with Gasteiger partial charge in [0, 0.05) is 43.6 Å². The number of carbonyl (C=O) groups excluding carboxylic acids is 8. The fourth-order valence-electron chi connectivity index (χ4n) is 5.16. The van der Waals surface area contributed by atoms with Crippen LogP contribution in [0.15, 0.2) is 42.9 Å². The quantitative estimate of drug-likeness (QED) is 0.126. The van der Waals surface area contributed by atoms with E-state index in [0.717, 1.165) is 0 Å². The Hall–Kier alpha value is -5.81. The fraction of sp³-hybridized carbons (Fsp3) is 0.469. The zero-order valence-corrected chi connectivity index (χ0v) is 27.3. The Bertz CT molecular complexity index is 1550. The largest absolute Gasteiger partial charge is 0.368 e. The van der Waals surface area contributed by atoms with E-state index in [0.29, 0.717) is 24.1 Å². The molecule has 4 atom stereocenters. The molecule has 1 aliphatic carbocycles. The Balaban J connectivity index is 1.61. The molecule has 1 aliphatic heterocycles. The molecule has 1 aromatic carbocycles. The number of benzene rings is 1. The van der Waals surface area contributed by atoms with E-state index in [1.165, 1.54) is 12.5 Å². The summed E-state index contributed by atoms with van der Waals surface area (Å²) < 4.78 is 0. The van der Waals surface area contributed by atoms with E-state index in [4.69, 9.17) is 5.73 Å². The fourth-order valence-corrected chi connectivity index (χ4v) is 5.16. The van der Waals surface area contributed by atoms with Crippen molar-refractivity contribution in [2.45, 2.75) is 69.1 Å². The van der Waals surface area contributed by atoms with Crippen LogP contribution in [-0.4, -0.2) is 101 Å². The maximum Gasteiger partial charge on any atom is 0.243 e. The number of rotatable bonds is 9. The number of nitrogens with two attached hydrogens (primary N) is 1. The molecule has 1 aromatic heterocycles. The van der Waals surface area contributed by atoms with Crippen molar-refractivity contribution in [3.05, 3.63) is 54.1 Å². The van der Waals surface area contributed by atoms with E-state index in [9.17, 15) is 38.4 Å². The van der Waals surface area contributed by atoms with Gasteiger partial charge in [0.25, 0.3) is 0 Å². The number of imidazole rings is 1. The lowest BCUT2D eigenvalue weighted by atomic mass is 10.0. The summed E-state index contributed by atoms with van der Waals surface area (Å²) in [7, 11) is 0. The highest BCUT2D eigenvalue weighted by Crippen LogP contribution is 2.29. The van der Waals surface area contributed by atoms with Crippen molar-refractivity contribution >= 4 is 47.3 Å². The minimum atomic E-state index is -1.24. The number of aromatic amines is 1. The van der Waals surface area contributed by atoms with Crippen LogP contribution in [0.2, 0.25) is 0 Å². The van der Waals surface area contributed by atoms with Crippen molar-refractivity contribution in [1.82, 2.24) is 47.2 Å². The van der Waals surface area contributed by atoms with E-state index >= 15 is 0 Å². The van der Waals surface area contributed by atoms with Crippen LogP contribution in [0.3, 0.4) is 0 Å². The van der Waals surface area contributed by atoms with Crippen molar-refractivity contribution in [2.75, 3.05) is 19.6 Å². The van der Waals surface area contributed by atoms with Gasteiger partial charge < -0.3 is 47.9 Å². The van der Waals surface area contributed by atoms with Crippen molar-refractivity contribution in [3.63, 3.8) is 0 Å². The number of aromatic nitrogens is 2. The van der Waals surface area contributed by atoms with Gasteiger partial charge in [0.2, 0.25) is 47.3 Å². The molecule has 0 spiro atoms. The maximum atomic E-state index is 13.8. The van der Waals surface area contributed by atoms with Crippen molar-refractivity contribution < 1.29 is 38.4 Å². The lowest BCUT2D eigenvalue weighted by Gasteiger charge is -2.25. The number of H-pyrrole nitrogens is 1. The molecule has 1 saturated carbocycles. The number of amides is 8. The van der Waals surface area contributed by atoms with Gasteiger partial charge in [-0.05, 0) is 31.2 Å². The maximum absolute atomic E-state index is 13.8. The molecule has 2 aliphatic rings. The molecule has 8 amide bonds. The molecule has 0 unspecified atom stereocenters. The number of nitrogens with zero attached hydrogens (tertiary/aromatic N) is 1. The van der Waals surface area contributed by atoms with Crippen LogP contribution in [0.25, 0.3) is 0 Å². The summed E-state index contributed by atoms with van der Waals surface area (Å²) in [5.41, 5.74) is 6.31. The smallest absolute Gasteiger partial charge is 0.243 e. The zero-order valence-electron chi connectivity index (χ0n) is 27.3. The van der Waals surface area contributed by atoms with Gasteiger partial charge in [-0.1, -0.05) is 30.3 Å². The predicted octanol–water partition coefficient (Wildman–Crippen LogP) is -3.44. The third kappa shape index (κ3) is 12.0. The van der Waals surface area contributed by atoms with Gasteiger partial charge in [-0.15, -0.1) is 0 Å². The summed E-state index contributed by atoms with van der Waals surface area (Å²) in [6, 6.07) is 3.95. The Morgan fingerprint density at radius 2 is 1.52 bits per heavy atom. The molecular weight excluding hydrogens is 652 g/mol. The molecule has 50 heavy (non-hydrogen) atoms. The molecule has 10 N–H and O–H groups in total. The zero-order chi connectivity index (χ0) is 36.0. The normalized spacial score (nSPS) is 22.9. The minimum absolute atomic E-state index is 0.0246. The monoisotopic (exact) mass is 694 g/mol. The molecule has 1 saturated heterocycles. The third-order valence-corrected chi connectivity index (χ3v) is 8.04. The molecule has 4 rings (SSSR count). The third-order valence-electron chi connectivity index (χ3n) is 8.04. The summed E-state index contributed by atoms with van der Waals surface area (Å²) in [6.07, 6.45) is 3.76. The highest BCUT2D eigenvalue weighted by atomic mass is 16.2. The van der Waals surface area contributed by atoms with Gasteiger partial charge in [0.05, 0.1) is 19.4 Å². The van der Waals surface area contributed by atoms with Crippen LogP contribution in [0.1, 0.15) is 43.4 Å². The van der Waals surface area contributed by atoms with Crippen LogP contribution in [0, 0.1) is 5.92 Å². The second kappa shape index (κ2) is 18.1. The van der Waals surface area contributed by atoms with Crippen LogP contribution < -0.4 is 43.0 Å².